The first-order chi connectivity index (χ1) is 12.8. The average molecular weight is 401 g/mol. The molecule has 5 heteroatoms. The monoisotopic (exact) mass is 400 g/mol. The third-order valence-electron chi connectivity index (χ3n) is 6.16. The van der Waals surface area contributed by atoms with Crippen LogP contribution in [0.4, 0.5) is 0 Å². The van der Waals surface area contributed by atoms with Crippen LogP contribution in [0.5, 0.6) is 0 Å². The third kappa shape index (κ3) is 4.05. The van der Waals surface area contributed by atoms with Crippen molar-refractivity contribution in [2.75, 3.05) is 12.4 Å². The van der Waals surface area contributed by atoms with Crippen LogP contribution >= 0.6 is 11.8 Å². The lowest BCUT2D eigenvalue weighted by Crippen LogP contribution is -2.48. The maximum Gasteiger partial charge on any atom is 0.185 e. The van der Waals surface area contributed by atoms with Crippen LogP contribution in [-0.2, 0) is 14.3 Å². The molecule has 1 saturated heterocycles. The third-order valence-corrected chi connectivity index (χ3v) is 10.7. The van der Waals surface area contributed by atoms with Gasteiger partial charge in [-0.1, -0.05) is 65.6 Å². The zero-order valence-electron chi connectivity index (χ0n) is 16.4. The molecule has 1 aromatic rings. The smallest absolute Gasteiger partial charge is 0.185 e. The molecule has 0 spiro atoms. The number of hydrogen-bond acceptors (Lipinski definition) is 4. The van der Waals surface area contributed by atoms with Gasteiger partial charge in [0.05, 0.1) is 12.2 Å². The van der Waals surface area contributed by atoms with Gasteiger partial charge in [-0.3, -0.25) is 9.59 Å². The topological polar surface area (TPSA) is 43.4 Å². The van der Waals surface area contributed by atoms with Gasteiger partial charge in [-0.25, -0.2) is 0 Å². The second-order valence-electron chi connectivity index (χ2n) is 8.09. The van der Waals surface area contributed by atoms with Gasteiger partial charge in [0.1, 0.15) is 8.07 Å². The molecule has 144 valence electrons. The Morgan fingerprint density at radius 3 is 2.70 bits per heavy atom. The zero-order chi connectivity index (χ0) is 19.7. The van der Waals surface area contributed by atoms with Crippen molar-refractivity contribution in [3.63, 3.8) is 0 Å². The lowest BCUT2D eigenvalue weighted by atomic mass is 9.73. The molecule has 3 rings (SSSR count). The van der Waals surface area contributed by atoms with Gasteiger partial charge in [-0.15, -0.1) is 6.58 Å². The molecule has 1 aliphatic heterocycles. The molecule has 0 bridgehead atoms. The quantitative estimate of drug-likeness (QED) is 0.680. The molecule has 2 aliphatic rings. The van der Waals surface area contributed by atoms with Crippen LogP contribution in [0.15, 0.2) is 54.3 Å². The summed E-state index contributed by atoms with van der Waals surface area (Å²) in [6.07, 6.45) is 4.88. The first-order valence-electron chi connectivity index (χ1n) is 9.50. The fourth-order valence-electron chi connectivity index (χ4n) is 4.36. The number of ketones is 1. The fourth-order valence-corrected chi connectivity index (χ4v) is 7.67. The Kier molecular flexibility index (Phi) is 5.94. The maximum atomic E-state index is 12.2. The van der Waals surface area contributed by atoms with Gasteiger partial charge in [0, 0.05) is 30.9 Å². The molecule has 0 amide bonds. The number of benzene rings is 1. The molecule has 1 aromatic carbocycles. The van der Waals surface area contributed by atoms with E-state index in [1.54, 1.807) is 13.0 Å². The Balaban J connectivity index is 1.85. The summed E-state index contributed by atoms with van der Waals surface area (Å²) >= 11 is 1.33. The zero-order valence-corrected chi connectivity index (χ0v) is 18.2. The largest absolute Gasteiger partial charge is 0.370 e. The van der Waals surface area contributed by atoms with Crippen molar-refractivity contribution < 1.29 is 14.3 Å². The van der Waals surface area contributed by atoms with E-state index in [0.29, 0.717) is 18.8 Å². The Morgan fingerprint density at radius 2 is 2.04 bits per heavy atom. The molecular weight excluding hydrogens is 372 g/mol. The van der Waals surface area contributed by atoms with Crippen LogP contribution in [0.3, 0.4) is 0 Å². The van der Waals surface area contributed by atoms with Gasteiger partial charge in [0.15, 0.2) is 10.9 Å². The summed E-state index contributed by atoms with van der Waals surface area (Å²) in [6.45, 7) is 11.4. The molecular formula is C22H28O3SSi. The van der Waals surface area contributed by atoms with Crippen LogP contribution < -0.4 is 5.19 Å². The number of rotatable bonds is 6. The second-order valence-corrected chi connectivity index (χ2v) is 13.8. The van der Waals surface area contributed by atoms with Crippen molar-refractivity contribution in [2.45, 2.75) is 38.5 Å². The van der Waals surface area contributed by atoms with Crippen molar-refractivity contribution in [1.29, 1.82) is 0 Å². The minimum absolute atomic E-state index is 0.116. The van der Waals surface area contributed by atoms with Crippen molar-refractivity contribution in [2.24, 2.45) is 11.8 Å². The summed E-state index contributed by atoms with van der Waals surface area (Å²) in [6, 6.07) is 10.6. The Hall–Kier alpha value is -1.43. The van der Waals surface area contributed by atoms with Gasteiger partial charge >= 0.3 is 0 Å². The van der Waals surface area contributed by atoms with Crippen LogP contribution in [0.25, 0.3) is 0 Å². The molecule has 0 aromatic heterocycles. The van der Waals surface area contributed by atoms with E-state index in [-0.39, 0.29) is 22.7 Å². The van der Waals surface area contributed by atoms with E-state index < -0.39 is 13.7 Å². The van der Waals surface area contributed by atoms with Crippen molar-refractivity contribution in [3.8, 4) is 0 Å². The SMILES string of the molecule is C=C([C@@H]1CO[C@]2(CCSC(C)=O)C=CC(=O)C[C@H]12)[Si](C)(C)c1ccccc1. The summed E-state index contributed by atoms with van der Waals surface area (Å²) in [5.41, 5.74) is -0.439. The van der Waals surface area contributed by atoms with Crippen molar-refractivity contribution in [1.82, 2.24) is 0 Å². The van der Waals surface area contributed by atoms with Crippen LogP contribution in [0.1, 0.15) is 19.8 Å². The summed E-state index contributed by atoms with van der Waals surface area (Å²) in [5, 5.41) is 2.73. The Labute approximate surface area is 167 Å². The maximum absolute atomic E-state index is 12.2. The molecule has 0 saturated carbocycles. The first kappa shape index (κ1) is 20.3. The molecule has 1 fully saturated rings. The van der Waals surface area contributed by atoms with E-state index in [1.165, 1.54) is 22.1 Å². The Bertz CT molecular complexity index is 771. The van der Waals surface area contributed by atoms with Gasteiger partial charge in [0.2, 0.25) is 0 Å². The predicted octanol–water partition coefficient (Wildman–Crippen LogP) is 3.90. The van der Waals surface area contributed by atoms with Crippen molar-refractivity contribution in [3.05, 3.63) is 54.3 Å². The fraction of sp³-hybridized carbons (Fsp3) is 0.455. The number of fused-ring (bicyclic) bond motifs is 1. The highest BCUT2D eigenvalue weighted by Gasteiger charge is 2.52. The summed E-state index contributed by atoms with van der Waals surface area (Å²) < 4.78 is 6.34. The lowest BCUT2D eigenvalue weighted by molar-refractivity contribution is -0.118. The molecule has 27 heavy (non-hydrogen) atoms. The number of allylic oxidation sites excluding steroid dienone is 1. The molecule has 0 unspecified atom stereocenters. The highest BCUT2D eigenvalue weighted by Crippen LogP contribution is 2.48. The molecule has 0 radical (unpaired) electrons. The van der Waals surface area contributed by atoms with Crippen LogP contribution in [0.2, 0.25) is 13.1 Å². The summed E-state index contributed by atoms with van der Waals surface area (Å²) in [4.78, 5) is 23.5. The standard InChI is InChI=1S/C22H28O3SSi/c1-16(27(3,4)19-8-6-5-7-9-19)20-15-25-22(12-13-26-17(2)23)11-10-18(24)14-21(20)22/h5-11,20-21H,1,12-15H2,2-4H3/t20-,21+,22-/m0/s1. The molecule has 3 atom stereocenters. The van der Waals surface area contributed by atoms with Gasteiger partial charge in [-0.05, 0) is 18.6 Å². The molecule has 1 heterocycles. The number of ether oxygens (including phenoxy) is 1. The predicted molar refractivity (Wildman–Crippen MR) is 115 cm³/mol. The van der Waals surface area contributed by atoms with Crippen molar-refractivity contribution >= 4 is 35.9 Å². The minimum Gasteiger partial charge on any atom is -0.370 e. The normalized spacial score (nSPS) is 27.4. The minimum atomic E-state index is -1.90. The number of carbonyl (C=O) groups excluding carboxylic acids is 2. The van der Waals surface area contributed by atoms with E-state index in [9.17, 15) is 9.59 Å². The summed E-state index contributed by atoms with van der Waals surface area (Å²) in [5.74, 6) is 1.18. The van der Waals surface area contributed by atoms with E-state index >= 15 is 0 Å². The molecule has 1 aliphatic carbocycles. The Morgan fingerprint density at radius 1 is 1.33 bits per heavy atom. The van der Waals surface area contributed by atoms with E-state index in [4.69, 9.17) is 4.74 Å². The second kappa shape index (κ2) is 7.90. The highest BCUT2D eigenvalue weighted by atomic mass is 32.2. The summed E-state index contributed by atoms with van der Waals surface area (Å²) in [7, 11) is -1.90. The first-order valence-corrected chi connectivity index (χ1v) is 13.5. The van der Waals surface area contributed by atoms with E-state index in [0.717, 1.165) is 6.42 Å². The number of carbonyl (C=O) groups is 2. The average Bonchev–Trinajstić information content (AvgIpc) is 3.00. The molecule has 3 nitrogen and oxygen atoms in total. The van der Waals surface area contributed by atoms with Gasteiger partial charge in [-0.2, -0.15) is 0 Å². The highest BCUT2D eigenvalue weighted by molar-refractivity contribution is 8.13. The van der Waals surface area contributed by atoms with E-state index in [1.807, 2.05) is 12.1 Å². The number of thioether (sulfide) groups is 1. The van der Waals surface area contributed by atoms with Crippen LogP contribution in [-0.4, -0.2) is 36.9 Å². The molecule has 0 N–H and O–H groups in total. The van der Waals surface area contributed by atoms with E-state index in [2.05, 4.69) is 43.9 Å². The van der Waals surface area contributed by atoms with Gasteiger partial charge in [0.25, 0.3) is 0 Å². The number of hydrogen-bond donors (Lipinski definition) is 0. The van der Waals surface area contributed by atoms with Gasteiger partial charge < -0.3 is 4.74 Å². The lowest BCUT2D eigenvalue weighted by Gasteiger charge is -2.38. The van der Waals surface area contributed by atoms with Crippen LogP contribution in [0, 0.1) is 11.8 Å².